The molecule has 0 aliphatic rings. The molecule has 0 bridgehead atoms. The van der Waals surface area contributed by atoms with Crippen molar-refractivity contribution in [1.82, 2.24) is 5.32 Å². The van der Waals surface area contributed by atoms with Crippen molar-refractivity contribution in [3.05, 3.63) is 23.3 Å². The molecular weight excluding hydrogens is 309 g/mol. The molecule has 0 aliphatic carbocycles. The molecule has 0 rings (SSSR count). The Morgan fingerprint density at radius 2 is 1.70 bits per heavy atom. The van der Waals surface area contributed by atoms with E-state index in [2.05, 4.69) is 46.0 Å². The van der Waals surface area contributed by atoms with Crippen molar-refractivity contribution in [2.45, 2.75) is 67.1 Å². The monoisotopic (exact) mass is 345 g/mol. The summed E-state index contributed by atoms with van der Waals surface area (Å²) in [5.74, 6) is 0.0742. The molecule has 0 amide bonds. The van der Waals surface area contributed by atoms with Crippen LogP contribution in [0.25, 0.3) is 0 Å². The Balaban J connectivity index is 5.16. The van der Waals surface area contributed by atoms with E-state index < -0.39 is 13.4 Å². The van der Waals surface area contributed by atoms with Crippen LogP contribution in [0.5, 0.6) is 0 Å². The Hall–Kier alpha value is -0.410. The van der Waals surface area contributed by atoms with Gasteiger partial charge in [-0.05, 0) is 59.9 Å². The zero-order valence-electron chi connectivity index (χ0n) is 16.0. The van der Waals surface area contributed by atoms with Gasteiger partial charge in [0, 0.05) is 0 Å². The maximum Gasteiger partial charge on any atom is 0.351 e. The third-order valence-corrected chi connectivity index (χ3v) is 5.48. The van der Waals surface area contributed by atoms with Crippen LogP contribution in [0.15, 0.2) is 23.3 Å². The van der Waals surface area contributed by atoms with Gasteiger partial charge in [0.2, 0.25) is 0 Å². The standard InChI is InChI=1S/C18H36NO3P/c1-8-21-23(20,22-9-2)18(19-14-16(5)6)13-17(7)12-10-11-15(3)4/h11,13,16,18-19H,8-10,12,14H2,1-7H3/b17-13-. The smallest absolute Gasteiger partial charge is 0.308 e. The fraction of sp³-hybridized carbons (Fsp3) is 0.778. The van der Waals surface area contributed by atoms with E-state index in [1.54, 1.807) is 0 Å². The van der Waals surface area contributed by atoms with E-state index in [4.69, 9.17) is 9.05 Å². The van der Waals surface area contributed by atoms with Crippen LogP contribution >= 0.6 is 7.60 Å². The third-order valence-electron chi connectivity index (χ3n) is 3.23. The van der Waals surface area contributed by atoms with E-state index in [0.717, 1.165) is 19.4 Å². The number of rotatable bonds is 12. The average Bonchev–Trinajstić information content (AvgIpc) is 2.43. The lowest BCUT2D eigenvalue weighted by Gasteiger charge is -2.26. The molecule has 0 radical (unpaired) electrons. The summed E-state index contributed by atoms with van der Waals surface area (Å²) in [6.45, 7) is 15.7. The maximum atomic E-state index is 13.1. The zero-order valence-corrected chi connectivity index (χ0v) is 16.9. The summed E-state index contributed by atoms with van der Waals surface area (Å²) in [4.78, 5) is 0. The fourth-order valence-electron chi connectivity index (χ4n) is 2.12. The largest absolute Gasteiger partial charge is 0.351 e. The molecule has 1 atom stereocenters. The van der Waals surface area contributed by atoms with Crippen LogP contribution in [-0.2, 0) is 13.6 Å². The fourth-order valence-corrected chi connectivity index (χ4v) is 4.00. The SMILES string of the molecule is CCOP(=O)(OCC)C(/C=C(/C)CCC=C(C)C)NCC(C)C. The van der Waals surface area contributed by atoms with Gasteiger partial charge in [-0.3, -0.25) is 4.57 Å². The maximum absolute atomic E-state index is 13.1. The van der Waals surface area contributed by atoms with Gasteiger partial charge in [-0.15, -0.1) is 0 Å². The molecule has 23 heavy (non-hydrogen) atoms. The number of hydrogen-bond donors (Lipinski definition) is 1. The molecule has 0 saturated carbocycles. The first-order chi connectivity index (χ1) is 10.7. The molecular formula is C18H36NO3P. The van der Waals surface area contributed by atoms with Crippen molar-refractivity contribution in [3.63, 3.8) is 0 Å². The zero-order chi connectivity index (χ0) is 17.9. The molecule has 0 aliphatic heterocycles. The van der Waals surface area contributed by atoms with E-state index in [9.17, 15) is 4.57 Å². The highest BCUT2D eigenvalue weighted by molar-refractivity contribution is 7.54. The molecule has 0 aromatic heterocycles. The van der Waals surface area contributed by atoms with Gasteiger partial charge >= 0.3 is 7.60 Å². The Morgan fingerprint density at radius 3 is 2.13 bits per heavy atom. The van der Waals surface area contributed by atoms with Crippen molar-refractivity contribution in [1.29, 1.82) is 0 Å². The average molecular weight is 345 g/mol. The predicted molar refractivity (Wildman–Crippen MR) is 99.9 cm³/mol. The number of nitrogens with one attached hydrogen (secondary N) is 1. The lowest BCUT2D eigenvalue weighted by atomic mass is 10.1. The minimum atomic E-state index is -3.19. The molecule has 0 aromatic carbocycles. The first-order valence-electron chi connectivity index (χ1n) is 8.68. The van der Waals surface area contributed by atoms with E-state index in [1.807, 2.05) is 19.9 Å². The van der Waals surface area contributed by atoms with Gasteiger partial charge in [-0.25, -0.2) is 0 Å². The lowest BCUT2D eigenvalue weighted by molar-refractivity contribution is 0.211. The van der Waals surface area contributed by atoms with Crippen molar-refractivity contribution < 1.29 is 13.6 Å². The molecule has 0 heterocycles. The Bertz CT molecular complexity index is 416. The van der Waals surface area contributed by atoms with Gasteiger partial charge in [0.25, 0.3) is 0 Å². The van der Waals surface area contributed by atoms with Gasteiger partial charge in [-0.2, -0.15) is 0 Å². The molecule has 136 valence electrons. The van der Waals surface area contributed by atoms with Crippen LogP contribution in [0.4, 0.5) is 0 Å². The second kappa shape index (κ2) is 12.0. The highest BCUT2D eigenvalue weighted by Gasteiger charge is 2.33. The second-order valence-electron chi connectivity index (χ2n) is 6.46. The minimum absolute atomic E-state index is 0.377. The lowest BCUT2D eigenvalue weighted by Crippen LogP contribution is -2.32. The Morgan fingerprint density at radius 1 is 1.13 bits per heavy atom. The highest BCUT2D eigenvalue weighted by atomic mass is 31.2. The first kappa shape index (κ1) is 22.6. The van der Waals surface area contributed by atoms with Crippen LogP contribution < -0.4 is 5.32 Å². The molecule has 4 nitrogen and oxygen atoms in total. The van der Waals surface area contributed by atoms with Gasteiger partial charge in [0.05, 0.1) is 13.2 Å². The summed E-state index contributed by atoms with van der Waals surface area (Å²) in [5.41, 5.74) is 2.52. The third kappa shape index (κ3) is 10.1. The molecule has 1 unspecified atom stereocenters. The van der Waals surface area contributed by atoms with Crippen molar-refractivity contribution in [2.24, 2.45) is 5.92 Å². The molecule has 5 heteroatoms. The van der Waals surface area contributed by atoms with Crippen molar-refractivity contribution >= 4 is 7.60 Å². The second-order valence-corrected chi connectivity index (χ2v) is 8.61. The van der Waals surface area contributed by atoms with E-state index in [1.165, 1.54) is 11.1 Å². The normalized spacial score (nSPS) is 14.2. The molecule has 1 N–H and O–H groups in total. The molecule has 0 aromatic rings. The van der Waals surface area contributed by atoms with E-state index >= 15 is 0 Å². The topological polar surface area (TPSA) is 47.6 Å². The summed E-state index contributed by atoms with van der Waals surface area (Å²) in [6, 6.07) is 0. The highest BCUT2D eigenvalue weighted by Crippen LogP contribution is 2.52. The van der Waals surface area contributed by atoms with Crippen LogP contribution in [0.1, 0.15) is 61.3 Å². The van der Waals surface area contributed by atoms with Crippen molar-refractivity contribution in [3.8, 4) is 0 Å². The summed E-state index contributed by atoms with van der Waals surface area (Å²) in [6.07, 6.45) is 6.18. The molecule has 0 fully saturated rings. The van der Waals surface area contributed by atoms with Crippen LogP contribution in [0.2, 0.25) is 0 Å². The minimum Gasteiger partial charge on any atom is -0.308 e. The van der Waals surface area contributed by atoms with Crippen molar-refractivity contribution in [2.75, 3.05) is 19.8 Å². The van der Waals surface area contributed by atoms with E-state index in [-0.39, 0.29) is 0 Å². The number of allylic oxidation sites excluding steroid dienone is 3. The van der Waals surface area contributed by atoms with Gasteiger partial charge in [0.1, 0.15) is 5.78 Å². The predicted octanol–water partition coefficient (Wildman–Crippen LogP) is 5.52. The Labute approximate surface area is 143 Å². The molecule has 0 spiro atoms. The van der Waals surface area contributed by atoms with Crippen LogP contribution in [0.3, 0.4) is 0 Å². The first-order valence-corrected chi connectivity index (χ1v) is 10.3. The molecule has 0 saturated heterocycles. The van der Waals surface area contributed by atoms with Gasteiger partial charge in [0.15, 0.2) is 0 Å². The summed E-state index contributed by atoms with van der Waals surface area (Å²) >= 11 is 0. The van der Waals surface area contributed by atoms with Gasteiger partial charge in [-0.1, -0.05) is 37.1 Å². The summed E-state index contributed by atoms with van der Waals surface area (Å²) < 4.78 is 24.1. The van der Waals surface area contributed by atoms with E-state index in [0.29, 0.717) is 19.1 Å². The van der Waals surface area contributed by atoms with Crippen LogP contribution in [-0.4, -0.2) is 25.5 Å². The van der Waals surface area contributed by atoms with Gasteiger partial charge < -0.3 is 14.4 Å². The summed E-state index contributed by atoms with van der Waals surface area (Å²) in [5, 5.41) is 3.35. The number of hydrogen-bond acceptors (Lipinski definition) is 4. The summed E-state index contributed by atoms with van der Waals surface area (Å²) in [7, 11) is -3.19. The Kier molecular flexibility index (Phi) is 11.8. The quantitative estimate of drug-likeness (QED) is 0.374. The van der Waals surface area contributed by atoms with Crippen LogP contribution in [0, 0.1) is 5.92 Å².